The van der Waals surface area contributed by atoms with Crippen LogP contribution in [0.2, 0.25) is 19.1 Å². The molecular weight excluding hydrogens is 402 g/mol. The number of methoxy groups -OCH3 is 2. The molecule has 26 heavy (non-hydrogen) atoms. The van der Waals surface area contributed by atoms with E-state index in [0.29, 0.717) is 12.8 Å². The van der Waals surface area contributed by atoms with Crippen LogP contribution in [0.25, 0.3) is 0 Å². The van der Waals surface area contributed by atoms with Gasteiger partial charge < -0.3 is 9.47 Å². The predicted octanol–water partition coefficient (Wildman–Crippen LogP) is 3.68. The molecule has 0 saturated carbocycles. The number of benzene rings is 1. The van der Waals surface area contributed by atoms with Gasteiger partial charge in [-0.15, -0.1) is 0 Å². The molecule has 0 atom stereocenters. The molecule has 1 aromatic carbocycles. The number of rotatable bonds is 11. The molecule has 0 spiro atoms. The molecule has 0 aliphatic carbocycles. The molecule has 0 aromatic heterocycles. The molecule has 0 fully saturated rings. The van der Waals surface area contributed by atoms with Crippen molar-refractivity contribution in [3.05, 3.63) is 27.8 Å². The van der Waals surface area contributed by atoms with Crippen LogP contribution >= 0.6 is 11.1 Å². The second-order valence-electron chi connectivity index (χ2n) is 6.29. The smallest absolute Gasteiger partial charge is 0.278 e. The summed E-state index contributed by atoms with van der Waals surface area (Å²) in [7, 11) is -2.79. The summed E-state index contributed by atoms with van der Waals surface area (Å²) in [6.07, 6.45) is 1.13. The molecule has 0 N–H and O–H groups in total. The van der Waals surface area contributed by atoms with Gasteiger partial charge in [0.05, 0.1) is 43.1 Å². The van der Waals surface area contributed by atoms with Crippen molar-refractivity contribution in [2.45, 2.75) is 38.6 Å². The summed E-state index contributed by atoms with van der Waals surface area (Å²) in [6.45, 7) is 3.54. The Bertz CT molecular complexity index is 734. The summed E-state index contributed by atoms with van der Waals surface area (Å²) < 4.78 is 39.1. The Morgan fingerprint density at radius 2 is 1.73 bits per heavy atom. The maximum absolute atomic E-state index is 12.0. The van der Waals surface area contributed by atoms with Gasteiger partial charge >= 0.3 is 0 Å². The van der Waals surface area contributed by atoms with E-state index < -0.39 is 29.0 Å². The van der Waals surface area contributed by atoms with Gasteiger partial charge in [-0.1, -0.05) is 19.5 Å². The van der Waals surface area contributed by atoms with E-state index in [4.69, 9.17) is 24.7 Å². The fraction of sp³-hybridized carbons (Fsp3) is 0.600. The molecular formula is C15H24ClNO7SSi. The summed E-state index contributed by atoms with van der Waals surface area (Å²) in [4.78, 5) is 10.6. The number of unbranched alkanes of at least 4 members (excludes halogenated alkanes) is 1. The Kier molecular flexibility index (Phi) is 8.32. The second-order valence-corrected chi connectivity index (χ2v) is 15.1. The molecule has 0 bridgehead atoms. The van der Waals surface area contributed by atoms with Crippen molar-refractivity contribution < 1.29 is 27.0 Å². The number of nitro groups is 1. The zero-order valence-electron chi connectivity index (χ0n) is 15.3. The number of halogens is 1. The van der Waals surface area contributed by atoms with Gasteiger partial charge in [0.2, 0.25) is 0 Å². The van der Waals surface area contributed by atoms with Gasteiger partial charge in [-0.05, 0) is 18.5 Å². The molecule has 11 heteroatoms. The highest BCUT2D eigenvalue weighted by atomic mass is 35.6. The average Bonchev–Trinajstić information content (AvgIpc) is 2.55. The fourth-order valence-corrected chi connectivity index (χ4v) is 4.71. The van der Waals surface area contributed by atoms with Gasteiger partial charge in [0, 0.05) is 0 Å². The van der Waals surface area contributed by atoms with Crippen molar-refractivity contribution in [3.63, 3.8) is 0 Å². The molecule has 0 saturated heterocycles. The first-order valence-corrected chi connectivity index (χ1v) is 13.7. The van der Waals surface area contributed by atoms with Crippen molar-refractivity contribution in [3.8, 4) is 11.5 Å². The van der Waals surface area contributed by atoms with Gasteiger partial charge in [0.1, 0.15) is 7.38 Å². The minimum atomic E-state index is -3.80. The molecule has 1 aromatic rings. The summed E-state index contributed by atoms with van der Waals surface area (Å²) in [5, 5.41) is 11.2. The van der Waals surface area contributed by atoms with Crippen molar-refractivity contribution in [2.24, 2.45) is 0 Å². The summed E-state index contributed by atoms with van der Waals surface area (Å²) >= 11 is 6.20. The van der Waals surface area contributed by atoms with Gasteiger partial charge in [-0.3, -0.25) is 14.3 Å². The van der Waals surface area contributed by atoms with Crippen LogP contribution in [0.3, 0.4) is 0 Å². The average molecular weight is 426 g/mol. The number of nitro benzene ring substituents is 1. The largest absolute Gasteiger partial charge is 0.493 e. The Hall–Kier alpha value is -1.36. The van der Waals surface area contributed by atoms with Crippen LogP contribution < -0.4 is 9.47 Å². The summed E-state index contributed by atoms with van der Waals surface area (Å²) in [5.74, 6) is 0.275. The lowest BCUT2D eigenvalue weighted by Crippen LogP contribution is -2.16. The highest BCUT2D eigenvalue weighted by Gasteiger charge is 2.22. The van der Waals surface area contributed by atoms with Gasteiger partial charge in [-0.2, -0.15) is 19.5 Å². The SMILES string of the molecule is COc1cc(COS(=O)(=O)CCCC[Si](C)(C)Cl)c([N+](=O)[O-])cc1OC. The van der Waals surface area contributed by atoms with E-state index in [1.807, 2.05) is 13.1 Å². The second kappa shape index (κ2) is 9.54. The van der Waals surface area contributed by atoms with Crippen LogP contribution in [0.5, 0.6) is 11.5 Å². The molecule has 0 amide bonds. The van der Waals surface area contributed by atoms with E-state index in [9.17, 15) is 18.5 Å². The number of nitrogens with zero attached hydrogens (tertiary/aromatic N) is 1. The van der Waals surface area contributed by atoms with Crippen molar-refractivity contribution in [2.75, 3.05) is 20.0 Å². The molecule has 0 unspecified atom stereocenters. The van der Waals surface area contributed by atoms with Gasteiger partial charge in [0.15, 0.2) is 11.5 Å². The van der Waals surface area contributed by atoms with Crippen LogP contribution in [0.4, 0.5) is 5.69 Å². The van der Waals surface area contributed by atoms with Crippen LogP contribution in [0.15, 0.2) is 12.1 Å². The maximum atomic E-state index is 12.0. The van der Waals surface area contributed by atoms with Crippen LogP contribution in [-0.4, -0.2) is 40.7 Å². The Labute approximate surface area is 159 Å². The number of hydrogen-bond acceptors (Lipinski definition) is 7. The molecule has 0 heterocycles. The van der Waals surface area contributed by atoms with Crippen molar-refractivity contribution in [1.82, 2.24) is 0 Å². The Morgan fingerprint density at radius 1 is 1.15 bits per heavy atom. The van der Waals surface area contributed by atoms with Crippen LogP contribution in [0, 0.1) is 10.1 Å². The fourth-order valence-electron chi connectivity index (χ4n) is 2.23. The lowest BCUT2D eigenvalue weighted by atomic mass is 10.1. The van der Waals surface area contributed by atoms with E-state index >= 15 is 0 Å². The zero-order valence-corrected chi connectivity index (χ0v) is 17.9. The topological polar surface area (TPSA) is 105 Å². The zero-order chi connectivity index (χ0) is 20.0. The van der Waals surface area contributed by atoms with E-state index in [1.54, 1.807) is 0 Å². The van der Waals surface area contributed by atoms with Gasteiger partial charge in [-0.25, -0.2) is 0 Å². The van der Waals surface area contributed by atoms with Gasteiger partial charge in [0.25, 0.3) is 15.8 Å². The van der Waals surface area contributed by atoms with Crippen molar-refractivity contribution in [1.29, 1.82) is 0 Å². The van der Waals surface area contributed by atoms with Crippen LogP contribution in [0.1, 0.15) is 18.4 Å². The first-order chi connectivity index (χ1) is 12.0. The maximum Gasteiger partial charge on any atom is 0.278 e. The molecule has 0 aliphatic rings. The lowest BCUT2D eigenvalue weighted by Gasteiger charge is -2.12. The summed E-state index contributed by atoms with van der Waals surface area (Å²) in [6, 6.07) is 3.33. The van der Waals surface area contributed by atoms with E-state index in [2.05, 4.69) is 0 Å². The first-order valence-electron chi connectivity index (χ1n) is 7.94. The van der Waals surface area contributed by atoms with E-state index in [-0.39, 0.29) is 28.5 Å². The highest BCUT2D eigenvalue weighted by Crippen LogP contribution is 2.35. The predicted molar refractivity (Wildman–Crippen MR) is 102 cm³/mol. The lowest BCUT2D eigenvalue weighted by molar-refractivity contribution is -0.385. The van der Waals surface area contributed by atoms with Crippen LogP contribution in [-0.2, 0) is 20.9 Å². The molecule has 0 aliphatic heterocycles. The molecule has 1 rings (SSSR count). The molecule has 148 valence electrons. The van der Waals surface area contributed by atoms with Crippen molar-refractivity contribution >= 4 is 34.3 Å². The normalized spacial score (nSPS) is 12.0. The summed E-state index contributed by atoms with van der Waals surface area (Å²) in [5.41, 5.74) is -0.210. The molecule has 8 nitrogen and oxygen atoms in total. The Morgan fingerprint density at radius 3 is 2.23 bits per heavy atom. The Balaban J connectivity index is 2.80. The van der Waals surface area contributed by atoms with E-state index in [1.165, 1.54) is 26.4 Å². The molecule has 0 radical (unpaired) electrons. The monoisotopic (exact) mass is 425 g/mol. The minimum absolute atomic E-state index is 0.0884. The number of hydrogen-bond donors (Lipinski definition) is 0. The minimum Gasteiger partial charge on any atom is -0.493 e. The quantitative estimate of drug-likeness (QED) is 0.133. The number of ether oxygens (including phenoxy) is 2. The third-order valence-electron chi connectivity index (χ3n) is 3.59. The first kappa shape index (κ1) is 22.7. The van der Waals surface area contributed by atoms with E-state index in [0.717, 1.165) is 6.04 Å². The third kappa shape index (κ3) is 7.48. The third-order valence-corrected chi connectivity index (χ3v) is 6.97. The standard InChI is InChI=1S/C15H24ClNO7SSi/c1-22-14-9-12(13(17(18)19)10-15(14)23-2)11-24-25(20,21)7-5-6-8-26(3,4)16/h9-10H,5-8,11H2,1-4H3. The highest BCUT2D eigenvalue weighted by molar-refractivity contribution is 7.86.